The summed E-state index contributed by atoms with van der Waals surface area (Å²) in [7, 11) is 2.11. The summed E-state index contributed by atoms with van der Waals surface area (Å²) < 4.78 is 5.36. The fourth-order valence-electron chi connectivity index (χ4n) is 3.20. The maximum absolute atomic E-state index is 10.7. The fourth-order valence-corrected chi connectivity index (χ4v) is 3.20. The van der Waals surface area contributed by atoms with Gasteiger partial charge in [-0.2, -0.15) is 0 Å². The second-order valence-electron chi connectivity index (χ2n) is 6.87. The molecule has 23 heavy (non-hydrogen) atoms. The Hall–Kier alpha value is -1.28. The monoisotopic (exact) mass is 321 g/mol. The molecule has 2 aliphatic heterocycles. The standard InChI is InChI=1S/C16H27N5O2/c1-16(22,11-21-5-7-23-8-6-21)10-17-15-13-9-20(2)4-3-14(13)18-12-19-15/h12,22H,3-11H2,1-2H3,(H,17,18,19). The normalized spacial score (nSPS) is 22.4. The first-order valence-corrected chi connectivity index (χ1v) is 8.31. The van der Waals surface area contributed by atoms with Crippen molar-refractivity contribution in [1.82, 2.24) is 19.8 Å². The Morgan fingerprint density at radius 3 is 2.87 bits per heavy atom. The van der Waals surface area contributed by atoms with E-state index in [0.29, 0.717) is 13.1 Å². The summed E-state index contributed by atoms with van der Waals surface area (Å²) in [6, 6.07) is 0. The number of aliphatic hydroxyl groups is 1. The molecule has 0 aliphatic carbocycles. The zero-order valence-electron chi connectivity index (χ0n) is 14.1. The van der Waals surface area contributed by atoms with Gasteiger partial charge in [0, 0.05) is 51.3 Å². The van der Waals surface area contributed by atoms with E-state index in [9.17, 15) is 5.11 Å². The summed E-state index contributed by atoms with van der Waals surface area (Å²) in [5, 5.41) is 14.0. The third-order valence-electron chi connectivity index (χ3n) is 4.50. The topological polar surface area (TPSA) is 73.8 Å². The molecule has 3 rings (SSSR count). The molecule has 0 saturated carbocycles. The van der Waals surface area contributed by atoms with Gasteiger partial charge in [0.1, 0.15) is 12.1 Å². The first-order chi connectivity index (χ1) is 11.0. The summed E-state index contributed by atoms with van der Waals surface area (Å²) >= 11 is 0. The van der Waals surface area contributed by atoms with E-state index in [1.165, 1.54) is 0 Å². The minimum Gasteiger partial charge on any atom is -0.387 e. The van der Waals surface area contributed by atoms with Crippen LogP contribution in [0.1, 0.15) is 18.2 Å². The van der Waals surface area contributed by atoms with Crippen LogP contribution in [0.3, 0.4) is 0 Å². The van der Waals surface area contributed by atoms with Crippen LogP contribution >= 0.6 is 0 Å². The summed E-state index contributed by atoms with van der Waals surface area (Å²) in [6.07, 6.45) is 2.57. The van der Waals surface area contributed by atoms with E-state index >= 15 is 0 Å². The van der Waals surface area contributed by atoms with Crippen molar-refractivity contribution in [3.63, 3.8) is 0 Å². The zero-order valence-corrected chi connectivity index (χ0v) is 14.1. The van der Waals surface area contributed by atoms with Gasteiger partial charge in [0.25, 0.3) is 0 Å². The van der Waals surface area contributed by atoms with Crippen LogP contribution in [0, 0.1) is 0 Å². The molecule has 7 nitrogen and oxygen atoms in total. The molecule has 7 heteroatoms. The summed E-state index contributed by atoms with van der Waals surface area (Å²) in [4.78, 5) is 13.3. The smallest absolute Gasteiger partial charge is 0.134 e. The highest BCUT2D eigenvalue weighted by Gasteiger charge is 2.26. The minimum absolute atomic E-state index is 0.470. The summed E-state index contributed by atoms with van der Waals surface area (Å²) in [5.41, 5.74) is 1.47. The molecule has 0 spiro atoms. The molecule has 1 saturated heterocycles. The van der Waals surface area contributed by atoms with Crippen molar-refractivity contribution >= 4 is 5.82 Å². The molecule has 1 aromatic rings. The molecule has 0 bridgehead atoms. The van der Waals surface area contributed by atoms with Crippen molar-refractivity contribution in [1.29, 1.82) is 0 Å². The molecule has 0 radical (unpaired) electrons. The number of likely N-dealkylation sites (N-methyl/N-ethyl adjacent to an activating group) is 1. The second kappa shape index (κ2) is 7.09. The third kappa shape index (κ3) is 4.38. The highest BCUT2D eigenvalue weighted by atomic mass is 16.5. The van der Waals surface area contributed by atoms with Crippen LogP contribution in [-0.2, 0) is 17.7 Å². The number of hydrogen-bond donors (Lipinski definition) is 2. The molecule has 1 fully saturated rings. The van der Waals surface area contributed by atoms with Crippen LogP contribution in [0.4, 0.5) is 5.82 Å². The van der Waals surface area contributed by atoms with E-state index in [0.717, 1.165) is 62.9 Å². The molecule has 2 N–H and O–H groups in total. The lowest BCUT2D eigenvalue weighted by Crippen LogP contribution is -2.49. The van der Waals surface area contributed by atoms with Gasteiger partial charge in [-0.15, -0.1) is 0 Å². The summed E-state index contributed by atoms with van der Waals surface area (Å²) in [5.74, 6) is 0.851. The van der Waals surface area contributed by atoms with Crippen molar-refractivity contribution in [2.75, 3.05) is 58.3 Å². The largest absolute Gasteiger partial charge is 0.387 e. The molecule has 1 atom stereocenters. The summed E-state index contributed by atoms with van der Waals surface area (Å²) in [6.45, 7) is 8.10. The number of ether oxygens (including phenoxy) is 1. The number of aromatic nitrogens is 2. The van der Waals surface area contributed by atoms with E-state index < -0.39 is 5.60 Å². The Labute approximate surface area is 137 Å². The number of nitrogens with zero attached hydrogens (tertiary/aromatic N) is 4. The van der Waals surface area contributed by atoms with Crippen LogP contribution in [0.15, 0.2) is 6.33 Å². The fraction of sp³-hybridized carbons (Fsp3) is 0.750. The molecular formula is C16H27N5O2. The van der Waals surface area contributed by atoms with E-state index in [2.05, 4.69) is 32.1 Å². The molecule has 1 aromatic heterocycles. The average Bonchev–Trinajstić information content (AvgIpc) is 2.53. The van der Waals surface area contributed by atoms with Crippen LogP contribution in [0.2, 0.25) is 0 Å². The van der Waals surface area contributed by atoms with Crippen molar-refractivity contribution in [2.45, 2.75) is 25.5 Å². The third-order valence-corrected chi connectivity index (χ3v) is 4.50. The van der Waals surface area contributed by atoms with Crippen molar-refractivity contribution < 1.29 is 9.84 Å². The van der Waals surface area contributed by atoms with E-state index in [1.807, 2.05) is 6.92 Å². The van der Waals surface area contributed by atoms with Crippen LogP contribution < -0.4 is 5.32 Å². The van der Waals surface area contributed by atoms with Crippen LogP contribution in [-0.4, -0.2) is 83.5 Å². The zero-order chi connectivity index (χ0) is 16.3. The van der Waals surface area contributed by atoms with Crippen molar-refractivity contribution in [3.05, 3.63) is 17.6 Å². The quantitative estimate of drug-likeness (QED) is 0.788. The Morgan fingerprint density at radius 1 is 1.30 bits per heavy atom. The van der Waals surface area contributed by atoms with Crippen LogP contribution in [0.25, 0.3) is 0 Å². The van der Waals surface area contributed by atoms with Gasteiger partial charge in [0.05, 0.1) is 24.5 Å². The SMILES string of the molecule is CN1CCc2ncnc(NCC(C)(O)CN3CCOCC3)c2C1. The lowest BCUT2D eigenvalue weighted by Gasteiger charge is -2.34. The predicted molar refractivity (Wildman–Crippen MR) is 88.4 cm³/mol. The lowest BCUT2D eigenvalue weighted by molar-refractivity contribution is -0.0164. The Balaban J connectivity index is 1.61. The highest BCUT2D eigenvalue weighted by Crippen LogP contribution is 2.22. The number of β-amino-alcohol motifs (C(OH)–C–C–N with tert-alkyl or cyclic N) is 1. The highest BCUT2D eigenvalue weighted by molar-refractivity contribution is 5.47. The number of hydrogen-bond acceptors (Lipinski definition) is 7. The van der Waals surface area contributed by atoms with E-state index in [4.69, 9.17) is 4.74 Å². The Bertz CT molecular complexity index is 531. The molecule has 128 valence electrons. The number of morpholine rings is 1. The minimum atomic E-state index is -0.810. The Kier molecular flexibility index (Phi) is 5.11. The van der Waals surface area contributed by atoms with Gasteiger partial charge < -0.3 is 20.1 Å². The molecule has 0 amide bonds. The maximum atomic E-state index is 10.7. The van der Waals surface area contributed by atoms with Gasteiger partial charge in [0.2, 0.25) is 0 Å². The van der Waals surface area contributed by atoms with Gasteiger partial charge >= 0.3 is 0 Å². The number of anilines is 1. The second-order valence-corrected chi connectivity index (χ2v) is 6.87. The van der Waals surface area contributed by atoms with Crippen molar-refractivity contribution in [3.8, 4) is 0 Å². The average molecular weight is 321 g/mol. The van der Waals surface area contributed by atoms with E-state index in [1.54, 1.807) is 6.33 Å². The van der Waals surface area contributed by atoms with Gasteiger partial charge in [-0.3, -0.25) is 4.90 Å². The number of nitrogens with one attached hydrogen (secondary N) is 1. The molecular weight excluding hydrogens is 294 g/mol. The van der Waals surface area contributed by atoms with Gasteiger partial charge in [0.15, 0.2) is 0 Å². The predicted octanol–water partition coefficient (Wildman–Crippen LogP) is -0.0404. The van der Waals surface area contributed by atoms with Gasteiger partial charge in [-0.05, 0) is 14.0 Å². The van der Waals surface area contributed by atoms with Crippen LogP contribution in [0.5, 0.6) is 0 Å². The van der Waals surface area contributed by atoms with E-state index in [-0.39, 0.29) is 0 Å². The molecule has 1 unspecified atom stereocenters. The van der Waals surface area contributed by atoms with Gasteiger partial charge in [-0.1, -0.05) is 0 Å². The lowest BCUT2D eigenvalue weighted by atomic mass is 10.0. The first-order valence-electron chi connectivity index (χ1n) is 8.31. The van der Waals surface area contributed by atoms with Gasteiger partial charge in [-0.25, -0.2) is 9.97 Å². The first kappa shape index (κ1) is 16.6. The van der Waals surface area contributed by atoms with Crippen molar-refractivity contribution in [2.24, 2.45) is 0 Å². The molecule has 2 aliphatic rings. The number of rotatable bonds is 5. The maximum Gasteiger partial charge on any atom is 0.134 e. The molecule has 0 aromatic carbocycles. The number of fused-ring (bicyclic) bond motifs is 1. The Morgan fingerprint density at radius 2 is 2.09 bits per heavy atom. The molecule has 3 heterocycles.